The van der Waals surface area contributed by atoms with Crippen LogP contribution in [-0.2, 0) is 6.42 Å². The Labute approximate surface area is 117 Å². The Morgan fingerprint density at radius 1 is 1.10 bits per heavy atom. The minimum atomic E-state index is 0.806. The summed E-state index contributed by atoms with van der Waals surface area (Å²) in [4.78, 5) is 13.4. The highest BCUT2D eigenvalue weighted by Gasteiger charge is 2.08. The molecule has 4 heteroatoms. The van der Waals surface area contributed by atoms with Gasteiger partial charge in [0.25, 0.3) is 0 Å². The number of hydrogen-bond acceptors (Lipinski definition) is 4. The summed E-state index contributed by atoms with van der Waals surface area (Å²) >= 11 is 0. The third-order valence-electron chi connectivity index (χ3n) is 3.29. The minimum Gasteiger partial charge on any atom is -0.373 e. The molecule has 2 heterocycles. The highest BCUT2D eigenvalue weighted by Crippen LogP contribution is 2.27. The Kier molecular flexibility index (Phi) is 3.29. The molecule has 100 valence electrons. The molecular formula is C16H16N4. The third kappa shape index (κ3) is 2.20. The van der Waals surface area contributed by atoms with Crippen LogP contribution >= 0.6 is 0 Å². The molecular weight excluding hydrogens is 248 g/mol. The number of pyridine rings is 1. The fourth-order valence-electron chi connectivity index (χ4n) is 2.24. The Hall–Kier alpha value is -2.49. The molecule has 0 atom stereocenters. The first-order valence-corrected chi connectivity index (χ1v) is 6.70. The van der Waals surface area contributed by atoms with Gasteiger partial charge in [0.1, 0.15) is 11.6 Å². The van der Waals surface area contributed by atoms with Crippen molar-refractivity contribution in [1.29, 1.82) is 0 Å². The van der Waals surface area contributed by atoms with E-state index in [2.05, 4.69) is 39.3 Å². The topological polar surface area (TPSA) is 50.7 Å². The van der Waals surface area contributed by atoms with Gasteiger partial charge in [-0.05, 0) is 5.39 Å². The summed E-state index contributed by atoms with van der Waals surface area (Å²) in [5, 5.41) is 5.36. The van der Waals surface area contributed by atoms with Crippen LogP contribution in [0.25, 0.3) is 22.0 Å². The minimum absolute atomic E-state index is 0.806. The number of nitrogens with zero attached hydrogens (tertiary/aromatic N) is 3. The van der Waals surface area contributed by atoms with E-state index in [4.69, 9.17) is 0 Å². The van der Waals surface area contributed by atoms with Gasteiger partial charge in [-0.25, -0.2) is 9.97 Å². The van der Waals surface area contributed by atoms with E-state index in [1.165, 1.54) is 0 Å². The smallest absolute Gasteiger partial charge is 0.131 e. The lowest BCUT2D eigenvalue weighted by Gasteiger charge is -2.09. The highest BCUT2D eigenvalue weighted by atomic mass is 15.0. The Morgan fingerprint density at radius 2 is 1.95 bits per heavy atom. The van der Waals surface area contributed by atoms with Gasteiger partial charge >= 0.3 is 0 Å². The summed E-state index contributed by atoms with van der Waals surface area (Å²) in [5.74, 6) is 1.67. The first kappa shape index (κ1) is 12.5. The van der Waals surface area contributed by atoms with Crippen molar-refractivity contribution >= 4 is 16.6 Å². The predicted molar refractivity (Wildman–Crippen MR) is 81.7 cm³/mol. The van der Waals surface area contributed by atoms with E-state index in [1.54, 1.807) is 0 Å². The molecule has 4 nitrogen and oxygen atoms in total. The first-order valence-electron chi connectivity index (χ1n) is 6.70. The molecule has 0 unspecified atom stereocenters. The highest BCUT2D eigenvalue weighted by molar-refractivity contribution is 5.95. The van der Waals surface area contributed by atoms with Crippen LogP contribution in [0.2, 0.25) is 0 Å². The maximum absolute atomic E-state index is 4.63. The number of fused-ring (bicyclic) bond motifs is 1. The van der Waals surface area contributed by atoms with Crippen LogP contribution in [0.1, 0.15) is 12.7 Å². The largest absolute Gasteiger partial charge is 0.373 e. The number of rotatable bonds is 3. The van der Waals surface area contributed by atoms with E-state index in [0.717, 1.165) is 40.1 Å². The molecule has 3 aromatic rings. The molecule has 0 aliphatic carbocycles. The average Bonchev–Trinajstić information content (AvgIpc) is 2.53. The SMILES string of the molecule is CCc1nc(NC)cc(-c2cncc3ccccc23)n1. The monoisotopic (exact) mass is 264 g/mol. The van der Waals surface area contributed by atoms with Crippen molar-refractivity contribution in [2.75, 3.05) is 12.4 Å². The van der Waals surface area contributed by atoms with Gasteiger partial charge in [0.05, 0.1) is 5.69 Å². The van der Waals surface area contributed by atoms with E-state index >= 15 is 0 Å². The van der Waals surface area contributed by atoms with Gasteiger partial charge in [-0.3, -0.25) is 4.98 Å². The van der Waals surface area contributed by atoms with E-state index < -0.39 is 0 Å². The fraction of sp³-hybridized carbons (Fsp3) is 0.188. The molecule has 0 amide bonds. The maximum atomic E-state index is 4.63. The lowest BCUT2D eigenvalue weighted by atomic mass is 10.1. The Morgan fingerprint density at radius 3 is 2.75 bits per heavy atom. The second-order valence-corrected chi connectivity index (χ2v) is 4.57. The molecule has 2 aromatic heterocycles. The van der Waals surface area contributed by atoms with Gasteiger partial charge in [0.15, 0.2) is 0 Å². The first-order chi connectivity index (χ1) is 9.81. The molecule has 0 saturated heterocycles. The summed E-state index contributed by atoms with van der Waals surface area (Å²) in [6.07, 6.45) is 4.55. The molecule has 20 heavy (non-hydrogen) atoms. The molecule has 0 fully saturated rings. The van der Waals surface area contributed by atoms with Gasteiger partial charge in [0.2, 0.25) is 0 Å². The second-order valence-electron chi connectivity index (χ2n) is 4.57. The molecule has 0 aliphatic rings. The zero-order valence-corrected chi connectivity index (χ0v) is 11.6. The van der Waals surface area contributed by atoms with Gasteiger partial charge in [-0.2, -0.15) is 0 Å². The van der Waals surface area contributed by atoms with Crippen LogP contribution < -0.4 is 5.32 Å². The standard InChI is InChI=1S/C16H16N4/c1-3-15-19-14(8-16(17-2)20-15)13-10-18-9-11-6-4-5-7-12(11)13/h4-10H,3H2,1-2H3,(H,17,19,20). The summed E-state index contributed by atoms with van der Waals surface area (Å²) in [7, 11) is 1.87. The summed E-state index contributed by atoms with van der Waals surface area (Å²) in [6.45, 7) is 2.06. The number of anilines is 1. The molecule has 0 spiro atoms. The number of nitrogens with one attached hydrogen (secondary N) is 1. The number of benzene rings is 1. The van der Waals surface area contributed by atoms with Crippen LogP contribution in [0.3, 0.4) is 0 Å². The third-order valence-corrected chi connectivity index (χ3v) is 3.29. The number of aryl methyl sites for hydroxylation is 1. The van der Waals surface area contributed by atoms with E-state index in [-0.39, 0.29) is 0 Å². The van der Waals surface area contributed by atoms with Gasteiger partial charge in [-0.15, -0.1) is 0 Å². The summed E-state index contributed by atoms with van der Waals surface area (Å²) in [5.41, 5.74) is 1.95. The lowest BCUT2D eigenvalue weighted by Crippen LogP contribution is -2.01. The van der Waals surface area contributed by atoms with E-state index in [9.17, 15) is 0 Å². The Balaban J connectivity index is 2.25. The number of aromatic nitrogens is 3. The van der Waals surface area contributed by atoms with Crippen molar-refractivity contribution in [2.24, 2.45) is 0 Å². The zero-order chi connectivity index (χ0) is 13.9. The maximum Gasteiger partial charge on any atom is 0.131 e. The molecule has 0 saturated carbocycles. The van der Waals surface area contributed by atoms with Crippen LogP contribution in [-0.4, -0.2) is 22.0 Å². The van der Waals surface area contributed by atoms with Crippen molar-refractivity contribution in [3.05, 3.63) is 48.5 Å². The van der Waals surface area contributed by atoms with Crippen molar-refractivity contribution in [3.63, 3.8) is 0 Å². The van der Waals surface area contributed by atoms with E-state index in [0.29, 0.717) is 0 Å². The molecule has 1 aromatic carbocycles. The lowest BCUT2D eigenvalue weighted by molar-refractivity contribution is 0.945. The summed E-state index contributed by atoms with van der Waals surface area (Å²) in [6, 6.07) is 10.2. The fourth-order valence-corrected chi connectivity index (χ4v) is 2.24. The van der Waals surface area contributed by atoms with Crippen molar-refractivity contribution in [3.8, 4) is 11.3 Å². The van der Waals surface area contributed by atoms with Gasteiger partial charge in [-0.1, -0.05) is 31.2 Å². The molecule has 0 aliphatic heterocycles. The van der Waals surface area contributed by atoms with E-state index in [1.807, 2.05) is 37.6 Å². The second kappa shape index (κ2) is 5.25. The van der Waals surface area contributed by atoms with Crippen LogP contribution in [0.4, 0.5) is 5.82 Å². The average molecular weight is 264 g/mol. The molecule has 0 radical (unpaired) electrons. The van der Waals surface area contributed by atoms with Crippen molar-refractivity contribution in [2.45, 2.75) is 13.3 Å². The summed E-state index contributed by atoms with van der Waals surface area (Å²) < 4.78 is 0. The van der Waals surface area contributed by atoms with Crippen molar-refractivity contribution in [1.82, 2.24) is 15.0 Å². The van der Waals surface area contributed by atoms with Crippen LogP contribution in [0.15, 0.2) is 42.7 Å². The van der Waals surface area contributed by atoms with Gasteiger partial charge < -0.3 is 5.32 Å². The van der Waals surface area contributed by atoms with Crippen LogP contribution in [0.5, 0.6) is 0 Å². The van der Waals surface area contributed by atoms with Gasteiger partial charge in [0, 0.05) is 42.9 Å². The zero-order valence-electron chi connectivity index (χ0n) is 11.6. The quantitative estimate of drug-likeness (QED) is 0.788. The Bertz CT molecular complexity index is 725. The number of hydrogen-bond donors (Lipinski definition) is 1. The van der Waals surface area contributed by atoms with Crippen molar-refractivity contribution < 1.29 is 0 Å². The van der Waals surface area contributed by atoms with Crippen LogP contribution in [0, 0.1) is 0 Å². The normalized spacial score (nSPS) is 10.7. The molecule has 0 bridgehead atoms. The molecule has 1 N–H and O–H groups in total. The molecule has 3 rings (SSSR count). The predicted octanol–water partition coefficient (Wildman–Crippen LogP) is 3.30.